The lowest BCUT2D eigenvalue weighted by molar-refractivity contribution is 0.789. The molecule has 0 saturated carbocycles. The van der Waals surface area contributed by atoms with Crippen LogP contribution in [-0.4, -0.2) is 0 Å². The van der Waals surface area contributed by atoms with Gasteiger partial charge in [-0.25, -0.2) is 0 Å². The van der Waals surface area contributed by atoms with E-state index in [1.54, 1.807) is 0 Å². The van der Waals surface area contributed by atoms with Crippen LogP contribution in [0.4, 0.5) is 0 Å². The van der Waals surface area contributed by atoms with Crippen molar-refractivity contribution in [1.29, 1.82) is 0 Å². The van der Waals surface area contributed by atoms with Crippen LogP contribution in [0.1, 0.15) is 27.7 Å². The van der Waals surface area contributed by atoms with Gasteiger partial charge in [-0.1, -0.05) is 32.1 Å². The molecular formula is C11H19N. The van der Waals surface area contributed by atoms with Crippen molar-refractivity contribution in [1.82, 2.24) is 0 Å². The average Bonchev–Trinajstić information content (AvgIpc) is 1.96. The summed E-state index contributed by atoms with van der Waals surface area (Å²) in [6, 6.07) is 0. The third-order valence-corrected chi connectivity index (χ3v) is 1.65. The summed E-state index contributed by atoms with van der Waals surface area (Å²) in [6.45, 7) is 8.30. The normalized spacial score (nSPS) is 14.8. The third-order valence-electron chi connectivity index (χ3n) is 1.65. The van der Waals surface area contributed by atoms with E-state index in [-0.39, 0.29) is 0 Å². The summed E-state index contributed by atoms with van der Waals surface area (Å²) >= 11 is 0. The molecule has 0 radical (unpaired) electrons. The minimum absolute atomic E-state index is 0.581. The van der Waals surface area contributed by atoms with Crippen molar-refractivity contribution >= 4 is 0 Å². The number of hydrogen-bond donors (Lipinski definition) is 1. The van der Waals surface area contributed by atoms with Crippen molar-refractivity contribution in [2.24, 2.45) is 11.7 Å². The van der Waals surface area contributed by atoms with E-state index in [9.17, 15) is 0 Å². The van der Waals surface area contributed by atoms with E-state index in [4.69, 9.17) is 5.73 Å². The maximum absolute atomic E-state index is 5.49. The molecule has 0 unspecified atom stereocenters. The maximum Gasteiger partial charge on any atom is 0.00488 e. The second-order valence-corrected chi connectivity index (χ2v) is 3.21. The van der Waals surface area contributed by atoms with Gasteiger partial charge in [-0.3, -0.25) is 0 Å². The summed E-state index contributed by atoms with van der Waals surface area (Å²) < 4.78 is 0. The zero-order valence-corrected chi connectivity index (χ0v) is 8.46. The molecule has 0 spiro atoms. The van der Waals surface area contributed by atoms with Gasteiger partial charge in [0.15, 0.2) is 0 Å². The Balaban J connectivity index is 4.23. The van der Waals surface area contributed by atoms with E-state index in [1.807, 2.05) is 19.1 Å². The SMILES string of the molecule is C\C=C(/C=C\C=C(\C)N)C(C)C. The number of hydrogen-bond acceptors (Lipinski definition) is 1. The molecule has 0 fully saturated rings. The first-order valence-electron chi connectivity index (χ1n) is 4.34. The Morgan fingerprint density at radius 3 is 2.25 bits per heavy atom. The average molecular weight is 165 g/mol. The zero-order chi connectivity index (χ0) is 9.56. The standard InChI is InChI=1S/C11H19N/c1-5-11(9(2)3)8-6-7-10(4)12/h5-9H,12H2,1-4H3/b8-6-,10-7-,11-5+. The van der Waals surface area contributed by atoms with Crippen LogP contribution in [0.25, 0.3) is 0 Å². The summed E-state index contributed by atoms with van der Waals surface area (Å²) in [6.07, 6.45) is 8.12. The molecule has 0 amide bonds. The highest BCUT2D eigenvalue weighted by atomic mass is 14.5. The van der Waals surface area contributed by atoms with Crippen LogP contribution < -0.4 is 5.73 Å². The van der Waals surface area contributed by atoms with Gasteiger partial charge in [-0.15, -0.1) is 0 Å². The van der Waals surface area contributed by atoms with Crippen molar-refractivity contribution in [2.75, 3.05) is 0 Å². The van der Waals surface area contributed by atoms with Gasteiger partial charge in [-0.05, 0) is 31.4 Å². The molecule has 0 atom stereocenters. The number of nitrogens with two attached hydrogens (primary N) is 1. The highest BCUT2D eigenvalue weighted by Gasteiger charge is 1.94. The minimum atomic E-state index is 0.581. The second kappa shape index (κ2) is 5.64. The topological polar surface area (TPSA) is 26.0 Å². The summed E-state index contributed by atoms with van der Waals surface area (Å²) in [5.74, 6) is 0.581. The van der Waals surface area contributed by atoms with Gasteiger partial charge in [0.2, 0.25) is 0 Å². The molecule has 0 aromatic carbocycles. The first-order chi connectivity index (χ1) is 5.57. The Hall–Kier alpha value is -0.980. The van der Waals surface area contributed by atoms with Gasteiger partial charge < -0.3 is 5.73 Å². The first-order valence-corrected chi connectivity index (χ1v) is 4.34. The second-order valence-electron chi connectivity index (χ2n) is 3.21. The van der Waals surface area contributed by atoms with Crippen molar-refractivity contribution < 1.29 is 0 Å². The van der Waals surface area contributed by atoms with Crippen molar-refractivity contribution in [3.8, 4) is 0 Å². The molecule has 0 heterocycles. The largest absolute Gasteiger partial charge is 0.402 e. The van der Waals surface area contributed by atoms with E-state index < -0.39 is 0 Å². The molecule has 68 valence electrons. The first kappa shape index (κ1) is 11.0. The van der Waals surface area contributed by atoms with Crippen LogP contribution in [-0.2, 0) is 0 Å². The fourth-order valence-electron chi connectivity index (χ4n) is 0.933. The Bertz CT molecular complexity index is 203. The lowest BCUT2D eigenvalue weighted by atomic mass is 10.0. The highest BCUT2D eigenvalue weighted by molar-refractivity contribution is 5.24. The van der Waals surface area contributed by atoms with E-state index in [2.05, 4.69) is 32.9 Å². The monoisotopic (exact) mass is 165 g/mol. The molecule has 0 aliphatic carbocycles. The van der Waals surface area contributed by atoms with Crippen LogP contribution in [0.15, 0.2) is 35.6 Å². The molecule has 0 aliphatic rings. The summed E-state index contributed by atoms with van der Waals surface area (Å²) in [5.41, 5.74) is 7.67. The predicted octanol–water partition coefficient (Wildman–Crippen LogP) is 3.01. The van der Waals surface area contributed by atoms with Crippen LogP contribution in [0.3, 0.4) is 0 Å². The molecule has 0 aromatic heterocycles. The molecule has 1 nitrogen and oxygen atoms in total. The highest BCUT2D eigenvalue weighted by Crippen LogP contribution is 2.10. The Kier molecular flexibility index (Phi) is 5.18. The molecule has 0 bridgehead atoms. The molecule has 0 aliphatic heterocycles. The predicted molar refractivity (Wildman–Crippen MR) is 55.7 cm³/mol. The van der Waals surface area contributed by atoms with E-state index in [1.165, 1.54) is 5.57 Å². The smallest absolute Gasteiger partial charge is 0.00488 e. The van der Waals surface area contributed by atoms with Gasteiger partial charge in [0.1, 0.15) is 0 Å². The molecular weight excluding hydrogens is 146 g/mol. The molecule has 0 saturated heterocycles. The number of allylic oxidation sites excluding steroid dienone is 6. The van der Waals surface area contributed by atoms with E-state index in [0.717, 1.165) is 5.70 Å². The quantitative estimate of drug-likeness (QED) is 0.639. The Labute approximate surface area is 75.7 Å². The lowest BCUT2D eigenvalue weighted by Gasteiger charge is -2.03. The number of rotatable bonds is 3. The van der Waals surface area contributed by atoms with E-state index >= 15 is 0 Å². The lowest BCUT2D eigenvalue weighted by Crippen LogP contribution is -1.90. The van der Waals surface area contributed by atoms with Gasteiger partial charge in [-0.2, -0.15) is 0 Å². The van der Waals surface area contributed by atoms with Crippen LogP contribution in [0.2, 0.25) is 0 Å². The molecule has 0 rings (SSSR count). The molecule has 2 N–H and O–H groups in total. The molecule has 0 aromatic rings. The van der Waals surface area contributed by atoms with Crippen LogP contribution in [0, 0.1) is 5.92 Å². The maximum atomic E-state index is 5.49. The van der Waals surface area contributed by atoms with E-state index in [0.29, 0.717) is 5.92 Å². The van der Waals surface area contributed by atoms with Gasteiger partial charge >= 0.3 is 0 Å². The van der Waals surface area contributed by atoms with Crippen LogP contribution in [0.5, 0.6) is 0 Å². The van der Waals surface area contributed by atoms with Gasteiger partial charge in [0.05, 0.1) is 0 Å². The van der Waals surface area contributed by atoms with Crippen LogP contribution >= 0.6 is 0 Å². The van der Waals surface area contributed by atoms with Crippen molar-refractivity contribution in [2.45, 2.75) is 27.7 Å². The molecule has 1 heteroatoms. The Morgan fingerprint density at radius 1 is 1.33 bits per heavy atom. The molecule has 12 heavy (non-hydrogen) atoms. The fourth-order valence-corrected chi connectivity index (χ4v) is 0.933. The Morgan fingerprint density at radius 2 is 1.92 bits per heavy atom. The fraction of sp³-hybridized carbons (Fsp3) is 0.455. The third kappa shape index (κ3) is 4.78. The van der Waals surface area contributed by atoms with Gasteiger partial charge in [0, 0.05) is 5.70 Å². The summed E-state index contributed by atoms with van der Waals surface area (Å²) in [7, 11) is 0. The van der Waals surface area contributed by atoms with Crippen molar-refractivity contribution in [3.63, 3.8) is 0 Å². The summed E-state index contributed by atoms with van der Waals surface area (Å²) in [4.78, 5) is 0. The minimum Gasteiger partial charge on any atom is -0.402 e. The van der Waals surface area contributed by atoms with Crippen molar-refractivity contribution in [3.05, 3.63) is 35.6 Å². The van der Waals surface area contributed by atoms with Gasteiger partial charge in [0.25, 0.3) is 0 Å². The summed E-state index contributed by atoms with van der Waals surface area (Å²) in [5, 5.41) is 0. The zero-order valence-electron chi connectivity index (χ0n) is 8.46.